The minimum atomic E-state index is -1.08. The molecule has 0 spiro atoms. The van der Waals surface area contributed by atoms with E-state index in [-0.39, 0.29) is 18.1 Å². The summed E-state index contributed by atoms with van der Waals surface area (Å²) in [4.78, 5) is 27.8. The van der Waals surface area contributed by atoms with Gasteiger partial charge in [0, 0.05) is 24.2 Å². The summed E-state index contributed by atoms with van der Waals surface area (Å²) in [5.41, 5.74) is 1.66. The summed E-state index contributed by atoms with van der Waals surface area (Å²) in [6.07, 6.45) is 1.21. The van der Waals surface area contributed by atoms with E-state index in [0.717, 1.165) is 24.1 Å². The first-order valence-corrected chi connectivity index (χ1v) is 8.07. The zero-order valence-corrected chi connectivity index (χ0v) is 13.8. The van der Waals surface area contributed by atoms with E-state index in [0.29, 0.717) is 18.7 Å². The second kappa shape index (κ2) is 7.01. The molecule has 0 aromatic heterocycles. The Morgan fingerprint density at radius 3 is 2.44 bits per heavy atom. The van der Waals surface area contributed by atoms with Crippen molar-refractivity contribution >= 4 is 17.5 Å². The first-order chi connectivity index (χ1) is 12.0. The molecule has 130 valence electrons. The van der Waals surface area contributed by atoms with Gasteiger partial charge in [-0.3, -0.25) is 14.5 Å². The van der Waals surface area contributed by atoms with Crippen LogP contribution in [0.4, 0.5) is 14.5 Å². The van der Waals surface area contributed by atoms with Gasteiger partial charge in [0.1, 0.15) is 6.67 Å². The number of hydrogen-bond acceptors (Lipinski definition) is 2. The maximum absolute atomic E-state index is 13.5. The van der Waals surface area contributed by atoms with Crippen molar-refractivity contribution in [2.45, 2.75) is 19.8 Å². The van der Waals surface area contributed by atoms with Crippen LogP contribution in [0.25, 0.3) is 0 Å². The number of aryl methyl sites for hydroxylation is 1. The minimum Gasteiger partial charge on any atom is -0.324 e. The van der Waals surface area contributed by atoms with Crippen LogP contribution in [0.5, 0.6) is 0 Å². The molecule has 0 radical (unpaired) electrons. The van der Waals surface area contributed by atoms with Crippen molar-refractivity contribution in [1.29, 1.82) is 0 Å². The van der Waals surface area contributed by atoms with Crippen LogP contribution >= 0.6 is 0 Å². The third-order valence-electron chi connectivity index (χ3n) is 4.24. The van der Waals surface area contributed by atoms with Gasteiger partial charge in [0.2, 0.25) is 5.91 Å². The number of likely N-dealkylation sites (tertiary alicyclic amines) is 1. The summed E-state index contributed by atoms with van der Waals surface area (Å²) in [5, 5.41) is 0. The van der Waals surface area contributed by atoms with Gasteiger partial charge in [-0.2, -0.15) is 0 Å². The summed E-state index contributed by atoms with van der Waals surface area (Å²) >= 11 is 0. The smallest absolute Gasteiger partial charge is 0.259 e. The standard InChI is InChI=1S/C19H18F2N2O2/c1-13-4-7-15(8-5-13)23(12-22-10-2-3-18(22)24)19(25)14-6-9-16(20)17(21)11-14/h4-9,11H,2-3,10,12H2,1H3. The zero-order valence-electron chi connectivity index (χ0n) is 13.8. The van der Waals surface area contributed by atoms with Gasteiger partial charge in [0.15, 0.2) is 11.6 Å². The van der Waals surface area contributed by atoms with Crippen molar-refractivity contribution in [3.05, 3.63) is 65.2 Å². The van der Waals surface area contributed by atoms with E-state index >= 15 is 0 Å². The summed E-state index contributed by atoms with van der Waals surface area (Å²) in [5.74, 6) is -2.59. The van der Waals surface area contributed by atoms with E-state index in [4.69, 9.17) is 0 Å². The van der Waals surface area contributed by atoms with E-state index in [1.165, 1.54) is 11.0 Å². The zero-order chi connectivity index (χ0) is 18.0. The Kier molecular flexibility index (Phi) is 4.79. The number of halogens is 2. The quantitative estimate of drug-likeness (QED) is 0.852. The largest absolute Gasteiger partial charge is 0.324 e. The number of amides is 2. The summed E-state index contributed by atoms with van der Waals surface area (Å²) < 4.78 is 26.7. The Hall–Kier alpha value is -2.76. The Morgan fingerprint density at radius 2 is 1.84 bits per heavy atom. The molecule has 1 aliphatic rings. The van der Waals surface area contributed by atoms with E-state index in [9.17, 15) is 18.4 Å². The van der Waals surface area contributed by atoms with Gasteiger partial charge in [-0.25, -0.2) is 8.78 Å². The lowest BCUT2D eigenvalue weighted by Gasteiger charge is -2.28. The number of anilines is 1. The molecule has 2 aromatic rings. The molecule has 1 aliphatic heterocycles. The first kappa shape index (κ1) is 17.1. The van der Waals surface area contributed by atoms with Gasteiger partial charge in [0.25, 0.3) is 5.91 Å². The molecular weight excluding hydrogens is 326 g/mol. The van der Waals surface area contributed by atoms with Crippen LogP contribution in [0.1, 0.15) is 28.8 Å². The van der Waals surface area contributed by atoms with Gasteiger partial charge in [-0.1, -0.05) is 17.7 Å². The number of benzene rings is 2. The highest BCUT2D eigenvalue weighted by Gasteiger charge is 2.26. The normalized spacial score (nSPS) is 14.0. The third-order valence-corrected chi connectivity index (χ3v) is 4.24. The van der Waals surface area contributed by atoms with Gasteiger partial charge >= 0.3 is 0 Å². The average Bonchev–Trinajstić information content (AvgIpc) is 3.00. The number of rotatable bonds is 4. The van der Waals surface area contributed by atoms with Crippen LogP contribution in [-0.2, 0) is 4.79 Å². The van der Waals surface area contributed by atoms with Gasteiger partial charge in [-0.15, -0.1) is 0 Å². The van der Waals surface area contributed by atoms with Crippen molar-refractivity contribution in [3.63, 3.8) is 0 Å². The molecule has 0 N–H and O–H groups in total. The van der Waals surface area contributed by atoms with Crippen molar-refractivity contribution < 1.29 is 18.4 Å². The number of hydrogen-bond donors (Lipinski definition) is 0. The molecule has 1 saturated heterocycles. The highest BCUT2D eigenvalue weighted by molar-refractivity contribution is 6.06. The lowest BCUT2D eigenvalue weighted by atomic mass is 10.1. The molecule has 0 unspecified atom stereocenters. The average molecular weight is 344 g/mol. The molecule has 1 fully saturated rings. The van der Waals surface area contributed by atoms with E-state index in [1.807, 2.05) is 19.1 Å². The van der Waals surface area contributed by atoms with Crippen molar-refractivity contribution in [3.8, 4) is 0 Å². The Morgan fingerprint density at radius 1 is 1.12 bits per heavy atom. The predicted molar refractivity (Wildman–Crippen MR) is 90.2 cm³/mol. The van der Waals surface area contributed by atoms with Crippen LogP contribution in [0, 0.1) is 18.6 Å². The van der Waals surface area contributed by atoms with Crippen molar-refractivity contribution in [2.24, 2.45) is 0 Å². The van der Waals surface area contributed by atoms with Crippen LogP contribution in [0.2, 0.25) is 0 Å². The Balaban J connectivity index is 1.94. The molecule has 0 bridgehead atoms. The maximum atomic E-state index is 13.5. The Labute approximate surface area is 144 Å². The van der Waals surface area contributed by atoms with E-state index in [1.54, 1.807) is 17.0 Å². The lowest BCUT2D eigenvalue weighted by molar-refractivity contribution is -0.127. The molecule has 0 atom stereocenters. The van der Waals surface area contributed by atoms with Crippen LogP contribution in [-0.4, -0.2) is 29.9 Å². The second-order valence-corrected chi connectivity index (χ2v) is 6.10. The lowest BCUT2D eigenvalue weighted by Crippen LogP contribution is -2.42. The number of carbonyl (C=O) groups is 2. The van der Waals surface area contributed by atoms with Crippen LogP contribution in [0.15, 0.2) is 42.5 Å². The molecule has 0 aliphatic carbocycles. The fourth-order valence-electron chi connectivity index (χ4n) is 2.80. The molecule has 4 nitrogen and oxygen atoms in total. The highest BCUT2D eigenvalue weighted by atomic mass is 19.2. The molecule has 25 heavy (non-hydrogen) atoms. The van der Waals surface area contributed by atoms with Gasteiger partial charge < -0.3 is 4.90 Å². The monoisotopic (exact) mass is 344 g/mol. The van der Waals surface area contributed by atoms with E-state index < -0.39 is 17.5 Å². The summed E-state index contributed by atoms with van der Waals surface area (Å²) in [6, 6.07) is 10.3. The Bertz CT molecular complexity index is 806. The molecule has 2 amide bonds. The van der Waals surface area contributed by atoms with Gasteiger partial charge in [-0.05, 0) is 43.7 Å². The molecular formula is C19H18F2N2O2. The predicted octanol–water partition coefficient (Wildman–Crippen LogP) is 3.50. The molecule has 2 aromatic carbocycles. The molecule has 3 rings (SSSR count). The SMILES string of the molecule is Cc1ccc(N(CN2CCCC2=O)C(=O)c2ccc(F)c(F)c2)cc1. The van der Waals surface area contributed by atoms with Crippen LogP contribution in [0.3, 0.4) is 0 Å². The topological polar surface area (TPSA) is 40.6 Å². The molecule has 1 heterocycles. The highest BCUT2D eigenvalue weighted by Crippen LogP contribution is 2.21. The van der Waals surface area contributed by atoms with Gasteiger partial charge in [0.05, 0.1) is 0 Å². The van der Waals surface area contributed by atoms with Crippen molar-refractivity contribution in [2.75, 3.05) is 18.1 Å². The maximum Gasteiger partial charge on any atom is 0.259 e. The van der Waals surface area contributed by atoms with E-state index in [2.05, 4.69) is 0 Å². The number of carbonyl (C=O) groups excluding carboxylic acids is 2. The molecule has 6 heteroatoms. The summed E-state index contributed by atoms with van der Waals surface area (Å²) in [7, 11) is 0. The second-order valence-electron chi connectivity index (χ2n) is 6.10. The fraction of sp³-hybridized carbons (Fsp3) is 0.263. The summed E-state index contributed by atoms with van der Waals surface area (Å²) in [6.45, 7) is 2.58. The fourth-order valence-corrected chi connectivity index (χ4v) is 2.80. The first-order valence-electron chi connectivity index (χ1n) is 8.07. The third kappa shape index (κ3) is 3.68. The van der Waals surface area contributed by atoms with Crippen molar-refractivity contribution in [1.82, 2.24) is 4.90 Å². The molecule has 0 saturated carbocycles. The number of nitrogens with zero attached hydrogens (tertiary/aromatic N) is 2. The van der Waals surface area contributed by atoms with Crippen LogP contribution < -0.4 is 4.90 Å². The minimum absolute atomic E-state index is 0.0183.